The second kappa shape index (κ2) is 9.51. The van der Waals surface area contributed by atoms with E-state index in [1.165, 1.54) is 0 Å². The van der Waals surface area contributed by atoms with Gasteiger partial charge in [-0.05, 0) is 40.5 Å². The first-order chi connectivity index (χ1) is 11.0. The standard InChI is InChI=1S/C17H29Br3O5/c1-14(2,18)7-8-17(9-21,10-24-12(22)15(3,4)19)11-25-13(23)16(5,6)20/h21H,7-11H2,1-6H3. The molecule has 0 heterocycles. The first-order valence-electron chi connectivity index (χ1n) is 8.04. The number of rotatable bonds is 10. The first kappa shape index (κ1) is 25.3. The fourth-order valence-corrected chi connectivity index (χ4v) is 2.13. The fraction of sp³-hybridized carbons (Fsp3) is 0.882. The maximum Gasteiger partial charge on any atom is 0.322 e. The van der Waals surface area contributed by atoms with Gasteiger partial charge in [-0.25, -0.2) is 0 Å². The van der Waals surface area contributed by atoms with Crippen LogP contribution in [-0.2, 0) is 19.1 Å². The topological polar surface area (TPSA) is 72.8 Å². The summed E-state index contributed by atoms with van der Waals surface area (Å²) in [7, 11) is 0. The molecule has 0 aromatic carbocycles. The summed E-state index contributed by atoms with van der Waals surface area (Å²) in [6.45, 7) is 10.4. The molecule has 0 bridgehead atoms. The van der Waals surface area contributed by atoms with Gasteiger partial charge < -0.3 is 14.6 Å². The van der Waals surface area contributed by atoms with Crippen LogP contribution < -0.4 is 0 Å². The normalized spacial score (nSPS) is 13.5. The van der Waals surface area contributed by atoms with Crippen molar-refractivity contribution in [2.45, 2.75) is 67.4 Å². The number of hydrogen-bond donors (Lipinski definition) is 1. The van der Waals surface area contributed by atoms with E-state index in [0.29, 0.717) is 12.8 Å². The van der Waals surface area contributed by atoms with E-state index in [-0.39, 0.29) is 24.1 Å². The molecule has 148 valence electrons. The summed E-state index contributed by atoms with van der Waals surface area (Å²) in [5.74, 6) is -0.869. The van der Waals surface area contributed by atoms with Crippen molar-refractivity contribution in [2.75, 3.05) is 19.8 Å². The maximum absolute atomic E-state index is 12.1. The Morgan fingerprint density at radius 1 is 0.800 bits per heavy atom. The summed E-state index contributed by atoms with van der Waals surface area (Å²) in [6, 6.07) is 0. The molecule has 0 fully saturated rings. The van der Waals surface area contributed by atoms with Gasteiger partial charge in [0.1, 0.15) is 21.9 Å². The second-order valence-corrected chi connectivity index (χ2v) is 14.1. The lowest BCUT2D eigenvalue weighted by molar-refractivity contribution is -0.158. The lowest BCUT2D eigenvalue weighted by Crippen LogP contribution is -2.42. The van der Waals surface area contributed by atoms with Gasteiger partial charge >= 0.3 is 11.9 Å². The molecule has 0 aliphatic heterocycles. The molecule has 0 saturated carbocycles. The number of aliphatic hydroxyl groups excluding tert-OH is 1. The number of alkyl halides is 3. The van der Waals surface area contributed by atoms with Crippen molar-refractivity contribution in [1.29, 1.82) is 0 Å². The summed E-state index contributed by atoms with van der Waals surface area (Å²) >= 11 is 10.1. The maximum atomic E-state index is 12.1. The largest absolute Gasteiger partial charge is 0.464 e. The second-order valence-electron chi connectivity index (χ2n) is 7.97. The van der Waals surface area contributed by atoms with E-state index in [1.807, 2.05) is 13.8 Å². The summed E-state index contributed by atoms with van der Waals surface area (Å²) in [4.78, 5) is 24.1. The Kier molecular flexibility index (Phi) is 9.64. The molecule has 0 radical (unpaired) electrons. The minimum Gasteiger partial charge on any atom is -0.464 e. The molecule has 0 amide bonds. The van der Waals surface area contributed by atoms with Crippen molar-refractivity contribution in [3.8, 4) is 0 Å². The molecular weight excluding hydrogens is 524 g/mol. The van der Waals surface area contributed by atoms with Gasteiger partial charge in [0.15, 0.2) is 0 Å². The highest BCUT2D eigenvalue weighted by Crippen LogP contribution is 2.33. The Morgan fingerprint density at radius 3 is 1.40 bits per heavy atom. The smallest absolute Gasteiger partial charge is 0.322 e. The quantitative estimate of drug-likeness (QED) is 0.322. The Balaban J connectivity index is 5.18. The Hall–Kier alpha value is 0.340. The molecule has 1 N–H and O–H groups in total. The van der Waals surface area contributed by atoms with Crippen molar-refractivity contribution < 1.29 is 24.2 Å². The first-order valence-corrected chi connectivity index (χ1v) is 10.4. The van der Waals surface area contributed by atoms with Gasteiger partial charge in [0, 0.05) is 4.32 Å². The third-order valence-electron chi connectivity index (χ3n) is 3.57. The van der Waals surface area contributed by atoms with Crippen molar-refractivity contribution in [2.24, 2.45) is 5.41 Å². The lowest BCUT2D eigenvalue weighted by Gasteiger charge is -2.34. The number of carbonyl (C=O) groups is 2. The minimum atomic E-state index is -0.854. The van der Waals surface area contributed by atoms with Crippen LogP contribution in [0.4, 0.5) is 0 Å². The molecular formula is C17H29Br3O5. The van der Waals surface area contributed by atoms with Crippen LogP contribution in [0, 0.1) is 5.41 Å². The van der Waals surface area contributed by atoms with Crippen molar-refractivity contribution in [3.05, 3.63) is 0 Å². The minimum absolute atomic E-state index is 0.0313. The van der Waals surface area contributed by atoms with Crippen molar-refractivity contribution in [3.63, 3.8) is 0 Å². The number of halogens is 3. The van der Waals surface area contributed by atoms with Gasteiger partial charge in [-0.2, -0.15) is 0 Å². The Morgan fingerprint density at radius 2 is 1.16 bits per heavy atom. The number of esters is 2. The van der Waals surface area contributed by atoms with Crippen LogP contribution >= 0.6 is 47.8 Å². The highest BCUT2D eigenvalue weighted by molar-refractivity contribution is 9.10. The zero-order chi connectivity index (χ0) is 20.1. The molecule has 0 atom stereocenters. The summed E-state index contributed by atoms with van der Waals surface area (Å²) in [5.41, 5.74) is -0.854. The van der Waals surface area contributed by atoms with Crippen LogP contribution in [0.15, 0.2) is 0 Å². The SMILES string of the molecule is CC(C)(Br)CCC(CO)(COC(=O)C(C)(C)Br)COC(=O)C(C)(C)Br. The van der Waals surface area contributed by atoms with Crippen molar-refractivity contribution in [1.82, 2.24) is 0 Å². The summed E-state index contributed by atoms with van der Waals surface area (Å²) < 4.78 is 8.97. The van der Waals surface area contributed by atoms with E-state index >= 15 is 0 Å². The molecule has 0 spiro atoms. The van der Waals surface area contributed by atoms with Crippen LogP contribution in [0.5, 0.6) is 0 Å². The predicted octanol–water partition coefficient (Wildman–Crippen LogP) is 4.35. The van der Waals surface area contributed by atoms with Crippen molar-refractivity contribution >= 4 is 59.7 Å². The van der Waals surface area contributed by atoms with Crippen LogP contribution in [0.3, 0.4) is 0 Å². The predicted molar refractivity (Wildman–Crippen MR) is 110 cm³/mol. The molecule has 0 aliphatic carbocycles. The number of ether oxygens (including phenoxy) is 2. The van der Waals surface area contributed by atoms with Gasteiger partial charge in [-0.3, -0.25) is 9.59 Å². The molecule has 0 rings (SSSR count). The van der Waals surface area contributed by atoms with Crippen LogP contribution in [0.1, 0.15) is 54.4 Å². The van der Waals surface area contributed by atoms with Crippen LogP contribution in [0.2, 0.25) is 0 Å². The summed E-state index contributed by atoms with van der Waals surface area (Å²) in [6.07, 6.45) is 1.23. The molecule has 8 heteroatoms. The van der Waals surface area contributed by atoms with Crippen LogP contribution in [0.25, 0.3) is 0 Å². The van der Waals surface area contributed by atoms with Gasteiger partial charge in [-0.1, -0.05) is 61.6 Å². The third-order valence-corrected chi connectivity index (χ3v) is 4.62. The van der Waals surface area contributed by atoms with Crippen LogP contribution in [-0.4, -0.2) is 49.8 Å². The van der Waals surface area contributed by atoms with E-state index in [2.05, 4.69) is 47.8 Å². The Bertz CT molecular complexity index is 428. The number of hydrogen-bond acceptors (Lipinski definition) is 5. The summed E-state index contributed by atoms with van der Waals surface area (Å²) in [5, 5.41) is 9.98. The van der Waals surface area contributed by atoms with Gasteiger partial charge in [0.05, 0.1) is 12.0 Å². The van der Waals surface area contributed by atoms with E-state index in [0.717, 1.165) is 0 Å². The molecule has 0 aromatic heterocycles. The fourth-order valence-electron chi connectivity index (χ4n) is 1.70. The average molecular weight is 553 g/mol. The monoisotopic (exact) mass is 550 g/mol. The van der Waals surface area contributed by atoms with Gasteiger partial charge in [-0.15, -0.1) is 0 Å². The number of aliphatic hydroxyl groups is 1. The van der Waals surface area contributed by atoms with Gasteiger partial charge in [0.25, 0.3) is 0 Å². The zero-order valence-corrected chi connectivity index (χ0v) is 20.5. The lowest BCUT2D eigenvalue weighted by atomic mass is 9.83. The molecule has 0 unspecified atom stereocenters. The van der Waals surface area contributed by atoms with Gasteiger partial charge in [0.2, 0.25) is 0 Å². The highest BCUT2D eigenvalue weighted by Gasteiger charge is 2.38. The van der Waals surface area contributed by atoms with E-state index in [4.69, 9.17) is 9.47 Å². The zero-order valence-electron chi connectivity index (χ0n) is 15.7. The molecule has 5 nitrogen and oxygen atoms in total. The van der Waals surface area contributed by atoms with E-state index < -0.39 is 26.0 Å². The van der Waals surface area contributed by atoms with E-state index in [1.54, 1.807) is 27.7 Å². The molecule has 0 saturated heterocycles. The third kappa shape index (κ3) is 10.3. The average Bonchev–Trinajstić information content (AvgIpc) is 2.43. The molecule has 0 aliphatic rings. The number of carbonyl (C=O) groups excluding carboxylic acids is 2. The Labute approximate surface area is 176 Å². The van der Waals surface area contributed by atoms with E-state index in [9.17, 15) is 14.7 Å². The molecule has 0 aromatic rings. The molecule has 25 heavy (non-hydrogen) atoms. The highest BCUT2D eigenvalue weighted by atomic mass is 79.9.